The fourth-order valence-corrected chi connectivity index (χ4v) is 5.77. The molecule has 9 nitrogen and oxygen atoms in total. The van der Waals surface area contributed by atoms with Gasteiger partial charge in [0.1, 0.15) is 11.5 Å². The molecule has 0 radical (unpaired) electrons. The van der Waals surface area contributed by atoms with E-state index in [2.05, 4.69) is 15.5 Å². The molecule has 1 atom stereocenters. The number of nitrogens with zero attached hydrogens (tertiary/aromatic N) is 3. The Kier molecular flexibility index (Phi) is 6.26. The first kappa shape index (κ1) is 22.4. The van der Waals surface area contributed by atoms with Crippen LogP contribution in [-0.4, -0.2) is 50.5 Å². The minimum atomic E-state index is -3.97. The molecule has 0 aliphatic carbocycles. The quantitative estimate of drug-likeness (QED) is 0.413. The van der Waals surface area contributed by atoms with Crippen molar-refractivity contribution in [2.45, 2.75) is 22.3 Å². The third kappa shape index (κ3) is 4.38. The van der Waals surface area contributed by atoms with Gasteiger partial charge in [0, 0.05) is 0 Å². The molecule has 1 amide bonds. The second kappa shape index (κ2) is 8.96. The summed E-state index contributed by atoms with van der Waals surface area (Å²) in [7, 11) is -2.46. The monoisotopic (exact) mass is 492 g/mol. The molecule has 0 unspecified atom stereocenters. The number of anilines is 2. The largest absolute Gasteiger partial charge is 0.497 e. The third-order valence-corrected chi connectivity index (χ3v) is 8.34. The van der Waals surface area contributed by atoms with Gasteiger partial charge in [0.2, 0.25) is 5.13 Å². The number of hydrogen-bond donors (Lipinski definition) is 1. The highest BCUT2D eigenvalue weighted by Gasteiger charge is 2.38. The highest BCUT2D eigenvalue weighted by molar-refractivity contribution is 8.00. The number of carbonyl (C=O) groups is 1. The van der Waals surface area contributed by atoms with E-state index >= 15 is 0 Å². The zero-order valence-electron chi connectivity index (χ0n) is 17.4. The van der Waals surface area contributed by atoms with Crippen molar-refractivity contribution in [3.63, 3.8) is 0 Å². The Bertz CT molecular complexity index is 1240. The number of aryl methyl sites for hydroxylation is 1. The number of methoxy groups -OCH3 is 1. The molecular weight excluding hydrogens is 472 g/mol. The molecule has 0 bridgehead atoms. The van der Waals surface area contributed by atoms with Crippen LogP contribution in [0.25, 0.3) is 0 Å². The van der Waals surface area contributed by atoms with Crippen LogP contribution in [-0.2, 0) is 14.8 Å². The van der Waals surface area contributed by atoms with Gasteiger partial charge in [-0.25, -0.2) is 8.42 Å². The average molecular weight is 493 g/mol. The van der Waals surface area contributed by atoms with E-state index in [1.165, 1.54) is 46.6 Å². The molecular formula is C20H20N4O5S3. The average Bonchev–Trinajstić information content (AvgIpc) is 3.25. The second-order valence-electron chi connectivity index (χ2n) is 6.86. The summed E-state index contributed by atoms with van der Waals surface area (Å²) in [6, 6.07) is 11.3. The number of aromatic nitrogens is 2. The van der Waals surface area contributed by atoms with Crippen molar-refractivity contribution in [2.24, 2.45) is 0 Å². The summed E-state index contributed by atoms with van der Waals surface area (Å²) in [4.78, 5) is 13.0. The third-order valence-electron chi connectivity index (χ3n) is 4.74. The molecule has 1 aliphatic heterocycles. The van der Waals surface area contributed by atoms with E-state index in [9.17, 15) is 13.2 Å². The predicted octanol–water partition coefficient (Wildman–Crippen LogP) is 3.17. The highest BCUT2D eigenvalue weighted by Crippen LogP contribution is 2.38. The maximum atomic E-state index is 13.5. The summed E-state index contributed by atoms with van der Waals surface area (Å²) in [6.45, 7) is 1.67. The van der Waals surface area contributed by atoms with E-state index in [-0.39, 0.29) is 11.4 Å². The smallest absolute Gasteiger partial charge is 0.269 e. The normalized spacial score (nSPS) is 15.6. The molecule has 0 fully saturated rings. The van der Waals surface area contributed by atoms with Gasteiger partial charge in [-0.05, 0) is 55.1 Å². The fourth-order valence-electron chi connectivity index (χ4n) is 3.13. The first-order chi connectivity index (χ1) is 15.3. The number of ether oxygens (including phenoxy) is 2. The summed E-state index contributed by atoms with van der Waals surface area (Å²) in [5.41, 5.74) is 1.24. The molecule has 0 saturated heterocycles. The minimum absolute atomic E-state index is 0.0838. The van der Waals surface area contributed by atoms with E-state index in [4.69, 9.17) is 9.47 Å². The second-order valence-corrected chi connectivity index (χ2v) is 10.7. The molecule has 1 N–H and O–H groups in total. The molecule has 12 heteroatoms. The Balaban J connectivity index is 1.67. The lowest BCUT2D eigenvalue weighted by molar-refractivity contribution is -0.122. The van der Waals surface area contributed by atoms with Crippen LogP contribution in [0.1, 0.15) is 5.56 Å². The van der Waals surface area contributed by atoms with Gasteiger partial charge < -0.3 is 9.47 Å². The number of nitrogens with one attached hydrogen (secondary N) is 1. The molecule has 2 heterocycles. The summed E-state index contributed by atoms with van der Waals surface area (Å²) in [6.07, 6.45) is 0.789. The van der Waals surface area contributed by atoms with Crippen molar-refractivity contribution in [3.05, 3.63) is 48.0 Å². The van der Waals surface area contributed by atoms with Gasteiger partial charge >= 0.3 is 0 Å². The lowest BCUT2D eigenvalue weighted by Gasteiger charge is -2.34. The summed E-state index contributed by atoms with van der Waals surface area (Å²) >= 11 is 2.64. The van der Waals surface area contributed by atoms with Crippen LogP contribution in [0, 0.1) is 6.92 Å². The van der Waals surface area contributed by atoms with Crippen LogP contribution < -0.4 is 19.1 Å². The summed E-state index contributed by atoms with van der Waals surface area (Å²) in [5, 5.41) is 10.9. The number of fused-ring (bicyclic) bond motifs is 1. The van der Waals surface area contributed by atoms with Crippen LogP contribution in [0.5, 0.6) is 11.5 Å². The van der Waals surface area contributed by atoms with Crippen molar-refractivity contribution in [1.82, 2.24) is 10.2 Å². The maximum absolute atomic E-state index is 13.5. The molecule has 4 rings (SSSR count). The van der Waals surface area contributed by atoms with Crippen molar-refractivity contribution in [1.29, 1.82) is 0 Å². The number of rotatable bonds is 6. The minimum Gasteiger partial charge on any atom is -0.497 e. The van der Waals surface area contributed by atoms with Crippen LogP contribution in [0.3, 0.4) is 0 Å². The Morgan fingerprint density at radius 2 is 2.00 bits per heavy atom. The van der Waals surface area contributed by atoms with E-state index in [1.807, 2.05) is 13.2 Å². The van der Waals surface area contributed by atoms with E-state index in [0.29, 0.717) is 26.7 Å². The van der Waals surface area contributed by atoms with Gasteiger partial charge in [-0.15, -0.1) is 10.2 Å². The number of sulfonamides is 1. The molecule has 32 heavy (non-hydrogen) atoms. The standard InChI is InChI=1S/C20H20N4O5S3/c1-12-4-9-16-15(10-12)24(32(26,27)14-7-5-13(28-2)6-8-14)11-17(29-16)18(25)21-19-22-23-20(30-3)31-19/h4-10,17H,11H2,1-3H3,(H,21,22,25)/t17-/m1/s1. The van der Waals surface area contributed by atoms with Crippen molar-refractivity contribution in [2.75, 3.05) is 29.5 Å². The molecule has 2 aromatic carbocycles. The van der Waals surface area contributed by atoms with Gasteiger partial charge in [-0.2, -0.15) is 0 Å². The number of thioether (sulfide) groups is 1. The SMILES string of the molecule is COc1ccc(S(=O)(=O)N2C[C@H](C(=O)Nc3nnc(SC)s3)Oc3ccc(C)cc32)cc1. The number of carbonyl (C=O) groups excluding carboxylic acids is 1. The lowest BCUT2D eigenvalue weighted by atomic mass is 10.1. The Morgan fingerprint density at radius 1 is 1.25 bits per heavy atom. The van der Waals surface area contributed by atoms with Gasteiger partial charge in [-0.3, -0.25) is 14.4 Å². The van der Waals surface area contributed by atoms with Crippen molar-refractivity contribution in [3.8, 4) is 11.5 Å². The first-order valence-electron chi connectivity index (χ1n) is 9.44. The van der Waals surface area contributed by atoms with Gasteiger partial charge in [0.25, 0.3) is 15.9 Å². The molecule has 0 spiro atoms. The van der Waals surface area contributed by atoms with Crippen molar-refractivity contribution < 1.29 is 22.7 Å². The molecule has 1 aliphatic rings. The van der Waals surface area contributed by atoms with Gasteiger partial charge in [0.05, 0.1) is 24.2 Å². The van der Waals surface area contributed by atoms with Crippen LogP contribution in [0.4, 0.5) is 10.8 Å². The first-order valence-corrected chi connectivity index (χ1v) is 12.9. The predicted molar refractivity (Wildman–Crippen MR) is 123 cm³/mol. The van der Waals surface area contributed by atoms with E-state index in [1.54, 1.807) is 30.3 Å². The Morgan fingerprint density at radius 3 is 2.66 bits per heavy atom. The molecule has 3 aromatic rings. The molecule has 168 valence electrons. The summed E-state index contributed by atoms with van der Waals surface area (Å²) < 4.78 is 39.9. The molecule has 1 aromatic heterocycles. The van der Waals surface area contributed by atoms with Crippen LogP contribution in [0.15, 0.2) is 51.7 Å². The highest BCUT2D eigenvalue weighted by atomic mass is 32.2. The van der Waals surface area contributed by atoms with Gasteiger partial charge in [0.15, 0.2) is 10.4 Å². The number of amides is 1. The van der Waals surface area contributed by atoms with E-state index in [0.717, 1.165) is 5.56 Å². The lowest BCUT2D eigenvalue weighted by Crippen LogP contribution is -2.48. The zero-order chi connectivity index (χ0) is 22.9. The number of benzene rings is 2. The van der Waals surface area contributed by atoms with E-state index < -0.39 is 22.0 Å². The van der Waals surface area contributed by atoms with Crippen LogP contribution >= 0.6 is 23.1 Å². The Labute approximate surface area is 193 Å². The topological polar surface area (TPSA) is 111 Å². The maximum Gasteiger partial charge on any atom is 0.269 e. The number of hydrogen-bond acceptors (Lipinski definition) is 9. The fraction of sp³-hybridized carbons (Fsp3) is 0.250. The Hall–Kier alpha value is -2.83. The van der Waals surface area contributed by atoms with Crippen molar-refractivity contribution >= 4 is 49.8 Å². The zero-order valence-corrected chi connectivity index (χ0v) is 19.9. The summed E-state index contributed by atoms with van der Waals surface area (Å²) in [5.74, 6) is 0.345. The van der Waals surface area contributed by atoms with Crippen LogP contribution in [0.2, 0.25) is 0 Å². The molecule has 0 saturated carbocycles. The van der Waals surface area contributed by atoms with Gasteiger partial charge in [-0.1, -0.05) is 29.2 Å².